The minimum Gasteiger partial charge on any atom is -0.497 e. The van der Waals surface area contributed by atoms with Crippen LogP contribution in [0.25, 0.3) is 11.1 Å². The quantitative estimate of drug-likeness (QED) is 0.273. The normalized spacial score (nSPS) is 13.8. The maximum atomic E-state index is 14.8. The number of carboxylic acid groups (broad SMARTS) is 1. The molecule has 0 spiro atoms. The van der Waals surface area contributed by atoms with Gasteiger partial charge in [0.15, 0.2) is 0 Å². The molecule has 7 heteroatoms. The number of benzene rings is 3. The maximum absolute atomic E-state index is 14.8. The van der Waals surface area contributed by atoms with Gasteiger partial charge in [0.2, 0.25) is 0 Å². The fourth-order valence-electron chi connectivity index (χ4n) is 4.45. The SMILES string of the molecule is COc1ccc(F)c(-c2cc(COc3ccc([C@H](CC(=O)O)c4ccon4)cc3)ccc2C2CC2)c1. The molecule has 0 radical (unpaired) electrons. The summed E-state index contributed by atoms with van der Waals surface area (Å²) in [5.41, 5.74) is 4.84. The Labute approximate surface area is 208 Å². The third kappa shape index (κ3) is 5.25. The molecule has 6 nitrogen and oxygen atoms in total. The molecule has 1 N–H and O–H groups in total. The minimum atomic E-state index is -0.916. The van der Waals surface area contributed by atoms with Crippen molar-refractivity contribution >= 4 is 5.97 Å². The number of carboxylic acids is 1. The second-order valence-corrected chi connectivity index (χ2v) is 8.97. The number of nitrogens with zero attached hydrogens (tertiary/aromatic N) is 1. The van der Waals surface area contributed by atoms with Crippen molar-refractivity contribution in [1.82, 2.24) is 5.16 Å². The first-order valence-corrected chi connectivity index (χ1v) is 11.8. The van der Waals surface area contributed by atoms with Gasteiger partial charge >= 0.3 is 5.97 Å². The van der Waals surface area contributed by atoms with Gasteiger partial charge < -0.3 is 19.1 Å². The second kappa shape index (κ2) is 10.2. The lowest BCUT2D eigenvalue weighted by molar-refractivity contribution is -0.137. The monoisotopic (exact) mass is 487 g/mol. The average molecular weight is 488 g/mol. The van der Waals surface area contributed by atoms with Crippen molar-refractivity contribution < 1.29 is 28.3 Å². The topological polar surface area (TPSA) is 81.8 Å². The van der Waals surface area contributed by atoms with Crippen LogP contribution < -0.4 is 9.47 Å². The van der Waals surface area contributed by atoms with E-state index in [1.165, 1.54) is 12.3 Å². The van der Waals surface area contributed by atoms with E-state index in [1.54, 1.807) is 25.3 Å². The summed E-state index contributed by atoms with van der Waals surface area (Å²) in [4.78, 5) is 11.3. The third-order valence-corrected chi connectivity index (χ3v) is 6.48. The first kappa shape index (κ1) is 23.6. The zero-order valence-corrected chi connectivity index (χ0v) is 19.8. The number of hydrogen-bond acceptors (Lipinski definition) is 5. The Balaban J connectivity index is 1.35. The summed E-state index contributed by atoms with van der Waals surface area (Å²) in [5, 5.41) is 13.2. The van der Waals surface area contributed by atoms with E-state index in [0.717, 1.165) is 35.1 Å². The molecule has 36 heavy (non-hydrogen) atoms. The molecule has 1 aliphatic rings. The van der Waals surface area contributed by atoms with Crippen molar-refractivity contribution in [1.29, 1.82) is 0 Å². The highest BCUT2D eigenvalue weighted by Gasteiger charge is 2.27. The molecule has 4 aromatic rings. The molecule has 1 aromatic heterocycles. The Morgan fingerprint density at radius 2 is 1.83 bits per heavy atom. The highest BCUT2D eigenvalue weighted by atomic mass is 19.1. The summed E-state index contributed by atoms with van der Waals surface area (Å²) in [5.74, 6) is 0.105. The zero-order chi connectivity index (χ0) is 25.1. The number of methoxy groups -OCH3 is 1. The molecule has 184 valence electrons. The standard InChI is InChI=1S/C29H26FNO5/c1-34-22-9-11-27(30)26(15-22)25-14-18(2-10-23(25)19-3-4-19)17-35-21-7-5-20(6-8-21)24(16-29(32)33)28-12-13-36-31-28/h2,5-15,19,24H,3-4,16-17H2,1H3,(H,32,33)/t24-/m0/s1. The third-order valence-electron chi connectivity index (χ3n) is 6.48. The van der Waals surface area contributed by atoms with Crippen LogP contribution in [0.4, 0.5) is 4.39 Å². The molecule has 1 saturated carbocycles. The highest BCUT2D eigenvalue weighted by Crippen LogP contribution is 2.45. The lowest BCUT2D eigenvalue weighted by Gasteiger charge is -2.15. The van der Waals surface area contributed by atoms with E-state index in [2.05, 4.69) is 11.2 Å². The van der Waals surface area contributed by atoms with Crippen molar-refractivity contribution in [2.24, 2.45) is 0 Å². The summed E-state index contributed by atoms with van der Waals surface area (Å²) >= 11 is 0. The van der Waals surface area contributed by atoms with Gasteiger partial charge in [0.05, 0.1) is 19.2 Å². The van der Waals surface area contributed by atoms with Crippen molar-refractivity contribution in [3.63, 3.8) is 0 Å². The van der Waals surface area contributed by atoms with Crippen LogP contribution in [0.15, 0.2) is 77.5 Å². The summed E-state index contributed by atoms with van der Waals surface area (Å²) < 4.78 is 31.0. The molecule has 0 bridgehead atoms. The van der Waals surface area contributed by atoms with Gasteiger partial charge in [0, 0.05) is 17.5 Å². The number of carbonyl (C=O) groups is 1. The zero-order valence-electron chi connectivity index (χ0n) is 19.8. The number of hydrogen-bond donors (Lipinski definition) is 1. The minimum absolute atomic E-state index is 0.0936. The summed E-state index contributed by atoms with van der Waals surface area (Å²) in [6, 6.07) is 19.9. The Kier molecular flexibility index (Phi) is 6.71. The Morgan fingerprint density at radius 3 is 2.50 bits per heavy atom. The van der Waals surface area contributed by atoms with E-state index >= 15 is 0 Å². The molecule has 1 fully saturated rings. The van der Waals surface area contributed by atoms with E-state index in [9.17, 15) is 14.3 Å². The van der Waals surface area contributed by atoms with Crippen LogP contribution in [0.2, 0.25) is 0 Å². The largest absolute Gasteiger partial charge is 0.497 e. The van der Waals surface area contributed by atoms with E-state index in [-0.39, 0.29) is 12.2 Å². The predicted octanol–water partition coefficient (Wildman–Crippen LogP) is 6.55. The van der Waals surface area contributed by atoms with Gasteiger partial charge in [-0.3, -0.25) is 4.79 Å². The molecule has 1 heterocycles. The summed E-state index contributed by atoms with van der Waals surface area (Å²) in [7, 11) is 1.57. The second-order valence-electron chi connectivity index (χ2n) is 8.97. The fourth-order valence-corrected chi connectivity index (χ4v) is 4.45. The summed E-state index contributed by atoms with van der Waals surface area (Å²) in [6.07, 6.45) is 3.56. The fraction of sp³-hybridized carbons (Fsp3) is 0.241. The van der Waals surface area contributed by atoms with E-state index < -0.39 is 11.9 Å². The molecule has 1 atom stereocenters. The number of halogens is 1. The Bertz CT molecular complexity index is 1350. The van der Waals surface area contributed by atoms with Crippen LogP contribution in [0.1, 0.15) is 53.5 Å². The number of ether oxygens (including phenoxy) is 2. The van der Waals surface area contributed by atoms with Crippen molar-refractivity contribution in [3.05, 3.63) is 101 Å². The van der Waals surface area contributed by atoms with E-state index in [0.29, 0.717) is 35.3 Å². The van der Waals surface area contributed by atoms with Gasteiger partial charge in [-0.1, -0.05) is 29.4 Å². The molecule has 3 aromatic carbocycles. The van der Waals surface area contributed by atoms with E-state index in [4.69, 9.17) is 14.0 Å². The van der Waals surface area contributed by atoms with Gasteiger partial charge in [-0.15, -0.1) is 0 Å². The van der Waals surface area contributed by atoms with Gasteiger partial charge in [-0.2, -0.15) is 0 Å². The summed E-state index contributed by atoms with van der Waals surface area (Å²) in [6.45, 7) is 0.310. The molecular formula is C29H26FNO5. The van der Waals surface area contributed by atoms with Crippen LogP contribution in [0.3, 0.4) is 0 Å². The molecule has 5 rings (SSSR count). The van der Waals surface area contributed by atoms with Gasteiger partial charge in [0.25, 0.3) is 0 Å². The molecule has 0 saturated heterocycles. The van der Waals surface area contributed by atoms with Crippen LogP contribution in [-0.2, 0) is 11.4 Å². The first-order valence-electron chi connectivity index (χ1n) is 11.8. The lowest BCUT2D eigenvalue weighted by Crippen LogP contribution is -2.08. The van der Waals surface area contributed by atoms with Crippen LogP contribution in [-0.4, -0.2) is 23.3 Å². The van der Waals surface area contributed by atoms with Crippen molar-refractivity contribution in [2.75, 3.05) is 7.11 Å². The Hall–Kier alpha value is -4.13. The van der Waals surface area contributed by atoms with Crippen LogP contribution >= 0.6 is 0 Å². The van der Waals surface area contributed by atoms with Gasteiger partial charge in [-0.05, 0) is 77.4 Å². The molecule has 0 unspecified atom stereocenters. The van der Waals surface area contributed by atoms with E-state index in [1.807, 2.05) is 36.4 Å². The van der Waals surface area contributed by atoms with Crippen LogP contribution in [0, 0.1) is 5.82 Å². The first-order chi connectivity index (χ1) is 17.5. The Morgan fingerprint density at radius 1 is 1.06 bits per heavy atom. The van der Waals surface area contributed by atoms with Crippen molar-refractivity contribution in [3.8, 4) is 22.6 Å². The lowest BCUT2D eigenvalue weighted by atomic mass is 9.92. The number of aliphatic carboxylic acids is 1. The van der Waals surface area contributed by atoms with Crippen LogP contribution in [0.5, 0.6) is 11.5 Å². The van der Waals surface area contributed by atoms with Crippen molar-refractivity contribution in [2.45, 2.75) is 37.7 Å². The molecular weight excluding hydrogens is 461 g/mol. The average Bonchev–Trinajstić information content (AvgIpc) is 3.59. The highest BCUT2D eigenvalue weighted by molar-refractivity contribution is 5.71. The number of aromatic nitrogens is 1. The van der Waals surface area contributed by atoms with Gasteiger partial charge in [-0.25, -0.2) is 4.39 Å². The molecule has 0 aliphatic heterocycles. The predicted molar refractivity (Wildman–Crippen MR) is 132 cm³/mol. The maximum Gasteiger partial charge on any atom is 0.304 e. The van der Waals surface area contributed by atoms with Gasteiger partial charge in [0.1, 0.15) is 30.2 Å². The number of rotatable bonds is 10. The molecule has 0 amide bonds. The molecule has 1 aliphatic carbocycles. The smallest absolute Gasteiger partial charge is 0.304 e.